The molecule has 0 aliphatic rings. The summed E-state index contributed by atoms with van der Waals surface area (Å²) in [5.41, 5.74) is 4.55. The molecule has 20 heavy (non-hydrogen) atoms. The number of nitrogens with zero attached hydrogens (tertiary/aromatic N) is 7. The molecule has 0 bridgehead atoms. The predicted octanol–water partition coefficient (Wildman–Crippen LogP) is -0.703. The summed E-state index contributed by atoms with van der Waals surface area (Å²) >= 11 is 0. The van der Waals surface area contributed by atoms with Crippen molar-refractivity contribution >= 4 is 23.5 Å². The standard InChI is InChI=1S/C5H3N9O6/c6-4-7-5(14(19)20)10-11(4)1-2(12(15)16)8-9-3(1)13(17)18/h(H,8,9)(H2,6,7,10). The highest BCUT2D eigenvalue weighted by molar-refractivity contribution is 5.60. The molecule has 2 heterocycles. The van der Waals surface area contributed by atoms with Crippen LogP contribution in [0.1, 0.15) is 0 Å². The van der Waals surface area contributed by atoms with Crippen LogP contribution in [0.3, 0.4) is 0 Å². The highest BCUT2D eigenvalue weighted by Crippen LogP contribution is 2.30. The Bertz CT molecular complexity index is 698. The zero-order valence-corrected chi connectivity index (χ0v) is 9.16. The predicted molar refractivity (Wildman–Crippen MR) is 57.9 cm³/mol. The first-order valence-electron chi connectivity index (χ1n) is 4.57. The van der Waals surface area contributed by atoms with Crippen molar-refractivity contribution in [3.8, 4) is 5.69 Å². The minimum Gasteiger partial charge on any atom is -0.390 e. The van der Waals surface area contributed by atoms with Gasteiger partial charge in [-0.25, -0.2) is 0 Å². The van der Waals surface area contributed by atoms with Gasteiger partial charge >= 0.3 is 23.5 Å². The van der Waals surface area contributed by atoms with Crippen LogP contribution >= 0.6 is 0 Å². The summed E-state index contributed by atoms with van der Waals surface area (Å²) < 4.78 is 0.401. The summed E-state index contributed by atoms with van der Waals surface area (Å²) in [5.74, 6) is -3.47. The van der Waals surface area contributed by atoms with Gasteiger partial charge in [0.1, 0.15) is 5.10 Å². The monoisotopic (exact) mass is 285 g/mol. The molecular formula is C5H3N9O6. The van der Waals surface area contributed by atoms with Gasteiger partial charge in [-0.2, -0.15) is 0 Å². The van der Waals surface area contributed by atoms with Gasteiger partial charge in [-0.1, -0.05) is 0 Å². The summed E-state index contributed by atoms with van der Waals surface area (Å²) in [7, 11) is 0. The molecule has 2 aromatic rings. The third kappa shape index (κ3) is 1.83. The van der Waals surface area contributed by atoms with Gasteiger partial charge < -0.3 is 36.1 Å². The molecule has 0 radical (unpaired) electrons. The number of anilines is 1. The van der Waals surface area contributed by atoms with E-state index in [4.69, 9.17) is 5.73 Å². The van der Waals surface area contributed by atoms with Crippen molar-refractivity contribution < 1.29 is 14.8 Å². The minimum atomic E-state index is -1.04. The first kappa shape index (κ1) is 12.8. The number of aromatic amines is 1. The fourth-order valence-electron chi connectivity index (χ4n) is 1.32. The quantitative estimate of drug-likeness (QED) is 0.531. The zero-order valence-electron chi connectivity index (χ0n) is 9.16. The van der Waals surface area contributed by atoms with Crippen LogP contribution in [-0.2, 0) is 0 Å². The van der Waals surface area contributed by atoms with Crippen molar-refractivity contribution in [3.05, 3.63) is 30.3 Å². The van der Waals surface area contributed by atoms with E-state index >= 15 is 0 Å². The van der Waals surface area contributed by atoms with E-state index in [-0.39, 0.29) is 0 Å². The average molecular weight is 285 g/mol. The first-order valence-corrected chi connectivity index (χ1v) is 4.57. The maximum atomic E-state index is 10.8. The summed E-state index contributed by atoms with van der Waals surface area (Å²) in [6.07, 6.45) is 0. The van der Waals surface area contributed by atoms with Crippen molar-refractivity contribution in [1.29, 1.82) is 0 Å². The van der Waals surface area contributed by atoms with E-state index in [2.05, 4.69) is 15.2 Å². The second kappa shape index (κ2) is 4.23. The lowest BCUT2D eigenvalue weighted by atomic mass is 10.4. The van der Waals surface area contributed by atoms with Crippen molar-refractivity contribution in [1.82, 2.24) is 25.0 Å². The van der Waals surface area contributed by atoms with E-state index < -0.39 is 44.0 Å². The van der Waals surface area contributed by atoms with E-state index in [0.717, 1.165) is 0 Å². The zero-order chi connectivity index (χ0) is 15.0. The number of nitro groups is 3. The molecule has 2 rings (SSSR count). The number of aromatic nitrogens is 5. The van der Waals surface area contributed by atoms with Crippen LogP contribution in [-0.4, -0.2) is 39.7 Å². The molecular weight excluding hydrogens is 282 g/mol. The third-order valence-electron chi connectivity index (χ3n) is 2.06. The lowest BCUT2D eigenvalue weighted by Crippen LogP contribution is -2.06. The highest BCUT2D eigenvalue weighted by atomic mass is 16.6. The Labute approximate surface area is 106 Å². The summed E-state index contributed by atoms with van der Waals surface area (Å²) in [6.45, 7) is 0. The number of H-pyrrole nitrogens is 1. The summed E-state index contributed by atoms with van der Waals surface area (Å²) in [5, 5.41) is 40.2. The van der Waals surface area contributed by atoms with Crippen molar-refractivity contribution in [2.75, 3.05) is 5.73 Å². The molecule has 0 saturated heterocycles. The second-order valence-corrected chi connectivity index (χ2v) is 3.20. The number of nitrogen functional groups attached to an aromatic ring is 1. The molecule has 2 aromatic heterocycles. The van der Waals surface area contributed by atoms with Crippen molar-refractivity contribution in [2.45, 2.75) is 0 Å². The Hall–Kier alpha value is -3.65. The Balaban J connectivity index is 2.73. The molecule has 15 heteroatoms. The molecule has 0 amide bonds. The fourth-order valence-corrected chi connectivity index (χ4v) is 1.32. The van der Waals surface area contributed by atoms with E-state index in [1.165, 1.54) is 0 Å². The highest BCUT2D eigenvalue weighted by Gasteiger charge is 2.38. The molecule has 0 spiro atoms. The van der Waals surface area contributed by atoms with E-state index in [0.29, 0.717) is 4.68 Å². The van der Waals surface area contributed by atoms with Gasteiger partial charge in [-0.3, -0.25) is 0 Å². The Morgan fingerprint density at radius 2 is 1.75 bits per heavy atom. The van der Waals surface area contributed by atoms with E-state index in [1.54, 1.807) is 0 Å². The molecule has 0 aliphatic carbocycles. The summed E-state index contributed by atoms with van der Waals surface area (Å²) in [4.78, 5) is 32.2. The number of hydrogen-bond acceptors (Lipinski definition) is 10. The molecule has 104 valence electrons. The Morgan fingerprint density at radius 1 is 1.10 bits per heavy atom. The van der Waals surface area contributed by atoms with Gasteiger partial charge in [0.25, 0.3) is 5.69 Å². The fraction of sp³-hybridized carbons (Fsp3) is 0. The molecule has 3 N–H and O–H groups in total. The third-order valence-corrected chi connectivity index (χ3v) is 2.06. The molecule has 15 nitrogen and oxygen atoms in total. The van der Waals surface area contributed by atoms with E-state index in [1.807, 2.05) is 5.10 Å². The molecule has 0 aromatic carbocycles. The maximum absolute atomic E-state index is 10.8. The number of rotatable bonds is 4. The normalized spacial score (nSPS) is 10.4. The van der Waals surface area contributed by atoms with Crippen LogP contribution in [0.25, 0.3) is 5.69 Å². The maximum Gasteiger partial charge on any atom is 0.493 e. The molecule has 0 saturated carbocycles. The number of nitrogens with two attached hydrogens (primary N) is 1. The van der Waals surface area contributed by atoms with Crippen LogP contribution < -0.4 is 5.73 Å². The Kier molecular flexibility index (Phi) is 2.70. The van der Waals surface area contributed by atoms with Crippen molar-refractivity contribution in [3.63, 3.8) is 0 Å². The van der Waals surface area contributed by atoms with Crippen molar-refractivity contribution in [2.24, 2.45) is 0 Å². The lowest BCUT2D eigenvalue weighted by molar-refractivity contribution is -0.395. The molecule has 0 fully saturated rings. The minimum absolute atomic E-state index is 0.401. The van der Waals surface area contributed by atoms with E-state index in [9.17, 15) is 30.3 Å². The van der Waals surface area contributed by atoms with Crippen LogP contribution in [0.5, 0.6) is 0 Å². The van der Waals surface area contributed by atoms with Gasteiger partial charge in [0.05, 0.1) is 0 Å². The lowest BCUT2D eigenvalue weighted by Gasteiger charge is -1.95. The van der Waals surface area contributed by atoms with Gasteiger partial charge in [0.2, 0.25) is 0 Å². The van der Waals surface area contributed by atoms with Crippen LogP contribution in [0, 0.1) is 30.3 Å². The second-order valence-electron chi connectivity index (χ2n) is 3.20. The number of hydrogen-bond donors (Lipinski definition) is 2. The largest absolute Gasteiger partial charge is 0.493 e. The van der Waals surface area contributed by atoms with Crippen LogP contribution in [0.2, 0.25) is 0 Å². The smallest absolute Gasteiger partial charge is 0.390 e. The van der Waals surface area contributed by atoms with Crippen LogP contribution in [0.4, 0.5) is 23.5 Å². The molecule has 0 unspecified atom stereocenters. The SMILES string of the molecule is Nc1nc([N+](=O)[O-])nn1-c1c([N+](=O)[O-])n[nH]c1[N+](=O)[O-]. The Morgan fingerprint density at radius 3 is 2.20 bits per heavy atom. The van der Waals surface area contributed by atoms with Gasteiger partial charge in [0.15, 0.2) is 0 Å². The van der Waals surface area contributed by atoms with Gasteiger partial charge in [-0.15, -0.1) is 4.68 Å². The molecule has 0 atom stereocenters. The average Bonchev–Trinajstić information content (AvgIpc) is 2.91. The molecule has 0 aliphatic heterocycles. The van der Waals surface area contributed by atoms with Gasteiger partial charge in [-0.05, 0) is 24.9 Å². The first-order chi connectivity index (χ1) is 9.32. The topological polar surface area (TPSA) is 215 Å². The summed E-state index contributed by atoms with van der Waals surface area (Å²) in [6, 6.07) is 0. The van der Waals surface area contributed by atoms with Crippen LogP contribution in [0.15, 0.2) is 0 Å². The number of nitrogens with one attached hydrogen (secondary N) is 1. The van der Waals surface area contributed by atoms with Gasteiger partial charge in [0, 0.05) is 5.10 Å².